The number of piperidine rings is 1. The van der Waals surface area contributed by atoms with E-state index in [0.717, 1.165) is 43.9 Å². The third-order valence-electron chi connectivity index (χ3n) is 8.20. The first-order valence-corrected chi connectivity index (χ1v) is 14.5. The number of hydrogen-bond donors (Lipinski definition) is 1. The van der Waals surface area contributed by atoms with Crippen LogP contribution in [0.15, 0.2) is 63.8 Å². The fraction of sp³-hybridized carbons (Fsp3) is 0.379. The summed E-state index contributed by atoms with van der Waals surface area (Å²) in [6, 6.07) is 8.58. The summed E-state index contributed by atoms with van der Waals surface area (Å²) in [6.45, 7) is 6.36. The fourth-order valence-electron chi connectivity index (χ4n) is 5.63. The first kappa shape index (κ1) is 27.1. The second-order valence-electron chi connectivity index (χ2n) is 10.8. The summed E-state index contributed by atoms with van der Waals surface area (Å²) < 4.78 is 21.6. The van der Waals surface area contributed by atoms with E-state index in [1.54, 1.807) is 24.5 Å². The van der Waals surface area contributed by atoms with E-state index >= 15 is 0 Å². The predicted octanol–water partition coefficient (Wildman–Crippen LogP) is 4.82. The molecule has 6 rings (SSSR count). The highest BCUT2D eigenvalue weighted by Crippen LogP contribution is 2.42. The van der Waals surface area contributed by atoms with E-state index in [-0.39, 0.29) is 45.9 Å². The largest absolute Gasteiger partial charge is 0.376 e. The van der Waals surface area contributed by atoms with E-state index < -0.39 is 0 Å². The summed E-state index contributed by atoms with van der Waals surface area (Å²) in [5.41, 5.74) is 7.87. The molecule has 1 spiro atoms. The van der Waals surface area contributed by atoms with Gasteiger partial charge in [-0.2, -0.15) is 0 Å². The Labute approximate surface area is 240 Å². The molecule has 2 atom stereocenters. The number of halogens is 2. The van der Waals surface area contributed by atoms with Gasteiger partial charge in [-0.05, 0) is 50.5 Å². The molecule has 2 N–H and O–H groups in total. The van der Waals surface area contributed by atoms with Crippen LogP contribution in [-0.4, -0.2) is 51.4 Å². The van der Waals surface area contributed by atoms with Gasteiger partial charge in [0.15, 0.2) is 0 Å². The highest BCUT2D eigenvalue weighted by atomic mass is 35.5. The molecule has 0 unspecified atom stereocenters. The summed E-state index contributed by atoms with van der Waals surface area (Å²) in [4.78, 5) is 29.9. The van der Waals surface area contributed by atoms with Crippen LogP contribution >= 0.6 is 23.4 Å². The Morgan fingerprint density at radius 3 is 2.65 bits per heavy atom. The zero-order valence-electron chi connectivity index (χ0n) is 22.3. The van der Waals surface area contributed by atoms with E-state index in [1.807, 2.05) is 26.0 Å². The summed E-state index contributed by atoms with van der Waals surface area (Å²) in [6.07, 6.45) is 6.94. The van der Waals surface area contributed by atoms with Crippen molar-refractivity contribution in [2.24, 2.45) is 11.1 Å². The third-order valence-corrected chi connectivity index (χ3v) is 9.69. The van der Waals surface area contributed by atoms with E-state index in [4.69, 9.17) is 22.1 Å². The van der Waals surface area contributed by atoms with Crippen molar-refractivity contribution in [3.63, 3.8) is 0 Å². The van der Waals surface area contributed by atoms with Gasteiger partial charge < -0.3 is 15.4 Å². The number of fused-ring (bicyclic) bond motifs is 1. The van der Waals surface area contributed by atoms with Gasteiger partial charge in [0, 0.05) is 35.0 Å². The molecule has 2 fully saturated rings. The Morgan fingerprint density at radius 2 is 1.98 bits per heavy atom. The number of aryl methyl sites for hydroxylation is 1. The lowest BCUT2D eigenvalue weighted by Crippen LogP contribution is -2.50. The Balaban J connectivity index is 1.19. The normalized spacial score (nSPS) is 20.5. The molecule has 2 saturated heterocycles. The van der Waals surface area contributed by atoms with Gasteiger partial charge >= 0.3 is 0 Å². The van der Waals surface area contributed by atoms with Crippen LogP contribution in [0.1, 0.15) is 30.9 Å². The van der Waals surface area contributed by atoms with Crippen LogP contribution in [0, 0.1) is 18.2 Å². The second kappa shape index (κ2) is 10.7. The average molecular weight is 581 g/mol. The van der Waals surface area contributed by atoms with Gasteiger partial charge in [0.2, 0.25) is 0 Å². The standard InChI is InChI=1S/C29H30ClFN6O2S/c1-17-3-4-19(20(31)11-17)14-37-16-35-21-5-6-22(26(30)25(21)28(37)38)40-24-13-33-23(12-34-24)36-9-7-29(8-10-36)15-39-18(2)27(29)32/h3-6,11-13,16,18,27H,7-10,14-15,32H2,1-2H3/t18-,27+/m0/s1. The smallest absolute Gasteiger partial charge is 0.263 e. The molecule has 0 radical (unpaired) electrons. The molecule has 0 saturated carbocycles. The lowest BCUT2D eigenvalue weighted by Gasteiger charge is -2.41. The van der Waals surface area contributed by atoms with Gasteiger partial charge in [-0.15, -0.1) is 0 Å². The molecule has 4 heterocycles. The van der Waals surface area contributed by atoms with Crippen LogP contribution in [0.4, 0.5) is 10.2 Å². The number of ether oxygens (including phenoxy) is 1. The minimum Gasteiger partial charge on any atom is -0.376 e. The number of nitrogens with zero attached hydrogens (tertiary/aromatic N) is 5. The highest BCUT2D eigenvalue weighted by Gasteiger charge is 2.47. The van der Waals surface area contributed by atoms with Crippen LogP contribution in [0.3, 0.4) is 0 Å². The summed E-state index contributed by atoms with van der Waals surface area (Å²) in [5, 5.41) is 1.23. The molecule has 2 aliphatic heterocycles. The lowest BCUT2D eigenvalue weighted by atomic mass is 9.73. The number of rotatable bonds is 5. The van der Waals surface area contributed by atoms with Gasteiger partial charge in [0.25, 0.3) is 5.56 Å². The minimum absolute atomic E-state index is 0.0493. The van der Waals surface area contributed by atoms with Gasteiger partial charge in [0.05, 0.1) is 53.9 Å². The van der Waals surface area contributed by atoms with Crippen molar-refractivity contribution in [2.75, 3.05) is 24.6 Å². The summed E-state index contributed by atoms with van der Waals surface area (Å²) in [7, 11) is 0. The molecule has 208 valence electrons. The molecule has 2 aromatic carbocycles. The zero-order valence-corrected chi connectivity index (χ0v) is 23.9. The summed E-state index contributed by atoms with van der Waals surface area (Å²) >= 11 is 8.06. The Hall–Kier alpha value is -3.05. The predicted molar refractivity (Wildman–Crippen MR) is 155 cm³/mol. The van der Waals surface area contributed by atoms with Crippen molar-refractivity contribution in [3.8, 4) is 0 Å². The van der Waals surface area contributed by atoms with Crippen molar-refractivity contribution in [2.45, 2.75) is 55.3 Å². The maximum atomic E-state index is 14.4. The van der Waals surface area contributed by atoms with Crippen molar-refractivity contribution >= 4 is 40.1 Å². The molecule has 40 heavy (non-hydrogen) atoms. The molecule has 0 bridgehead atoms. The van der Waals surface area contributed by atoms with E-state index in [1.165, 1.54) is 28.7 Å². The first-order valence-electron chi connectivity index (χ1n) is 13.3. The molecule has 11 heteroatoms. The first-order chi connectivity index (χ1) is 19.2. The van der Waals surface area contributed by atoms with E-state index in [9.17, 15) is 9.18 Å². The fourth-order valence-corrected chi connectivity index (χ4v) is 6.75. The van der Waals surface area contributed by atoms with Gasteiger partial charge in [-0.3, -0.25) is 9.36 Å². The molecule has 8 nitrogen and oxygen atoms in total. The average Bonchev–Trinajstić information content (AvgIpc) is 3.22. The van der Waals surface area contributed by atoms with E-state index in [0.29, 0.717) is 21.0 Å². The highest BCUT2D eigenvalue weighted by molar-refractivity contribution is 7.99. The number of anilines is 1. The van der Waals surface area contributed by atoms with Crippen LogP contribution < -0.4 is 16.2 Å². The van der Waals surface area contributed by atoms with Gasteiger partial charge in [-0.25, -0.2) is 19.3 Å². The topological polar surface area (TPSA) is 99.2 Å². The quantitative estimate of drug-likeness (QED) is 0.359. The Morgan fingerprint density at radius 1 is 1.18 bits per heavy atom. The van der Waals surface area contributed by atoms with Crippen molar-refractivity contribution in [3.05, 3.63) is 81.4 Å². The third kappa shape index (κ3) is 4.98. The second-order valence-corrected chi connectivity index (χ2v) is 12.2. The number of nitrogens with two attached hydrogens (primary N) is 1. The summed E-state index contributed by atoms with van der Waals surface area (Å²) in [5.74, 6) is 0.457. The van der Waals surface area contributed by atoms with Crippen LogP contribution in [0.25, 0.3) is 10.9 Å². The van der Waals surface area contributed by atoms with Crippen molar-refractivity contribution in [1.82, 2.24) is 19.5 Å². The van der Waals surface area contributed by atoms with Gasteiger partial charge in [-0.1, -0.05) is 35.5 Å². The molecule has 4 aromatic rings. The van der Waals surface area contributed by atoms with Crippen LogP contribution in [0.5, 0.6) is 0 Å². The molecular formula is C29H30ClFN6O2S. The maximum absolute atomic E-state index is 14.4. The molecule has 0 amide bonds. The van der Waals surface area contributed by atoms with Crippen LogP contribution in [0.2, 0.25) is 5.02 Å². The van der Waals surface area contributed by atoms with Crippen molar-refractivity contribution < 1.29 is 9.13 Å². The SMILES string of the molecule is Cc1ccc(Cn2cnc3ccc(Sc4cnc(N5CCC6(CC5)CO[C@@H](C)[C@H]6N)cn4)c(Cl)c3c2=O)c(F)c1. The zero-order chi connectivity index (χ0) is 28.0. The van der Waals surface area contributed by atoms with E-state index in [2.05, 4.69) is 19.9 Å². The molecule has 0 aliphatic carbocycles. The van der Waals surface area contributed by atoms with Gasteiger partial charge in [0.1, 0.15) is 16.7 Å². The molecular weight excluding hydrogens is 551 g/mol. The number of hydrogen-bond acceptors (Lipinski definition) is 8. The molecule has 2 aromatic heterocycles. The Kier molecular flexibility index (Phi) is 7.28. The minimum atomic E-state index is -0.362. The maximum Gasteiger partial charge on any atom is 0.263 e. The number of aromatic nitrogens is 4. The number of benzene rings is 2. The van der Waals surface area contributed by atoms with Crippen LogP contribution in [-0.2, 0) is 11.3 Å². The monoisotopic (exact) mass is 580 g/mol. The lowest BCUT2D eigenvalue weighted by molar-refractivity contribution is 0.0974. The Bertz CT molecular complexity index is 1620. The van der Waals surface area contributed by atoms with Crippen molar-refractivity contribution in [1.29, 1.82) is 0 Å². The molecule has 2 aliphatic rings.